The van der Waals surface area contributed by atoms with Gasteiger partial charge in [-0.2, -0.15) is 0 Å². The number of hydrogen-bond acceptors (Lipinski definition) is 4. The summed E-state index contributed by atoms with van der Waals surface area (Å²) in [5.41, 5.74) is 5.12. The summed E-state index contributed by atoms with van der Waals surface area (Å²) in [5.74, 6) is -0.712. The molecule has 6 heteroatoms. The van der Waals surface area contributed by atoms with Crippen molar-refractivity contribution in [3.05, 3.63) is 0 Å². The van der Waals surface area contributed by atoms with E-state index in [-0.39, 0.29) is 11.9 Å². The summed E-state index contributed by atoms with van der Waals surface area (Å²) in [4.78, 5) is 27.9. The van der Waals surface area contributed by atoms with E-state index >= 15 is 0 Å². The molecule has 1 atom stereocenters. The smallest absolute Gasteiger partial charge is 0.311 e. The van der Waals surface area contributed by atoms with E-state index in [4.69, 9.17) is 5.73 Å². The van der Waals surface area contributed by atoms with Gasteiger partial charge in [0, 0.05) is 32.2 Å². The zero-order chi connectivity index (χ0) is 15.5. The minimum absolute atomic E-state index is 0.0595. The van der Waals surface area contributed by atoms with Gasteiger partial charge in [-0.25, -0.2) is 0 Å². The minimum atomic E-state index is -0.772. The molecule has 1 amide bonds. The Labute approximate surface area is 126 Å². The van der Waals surface area contributed by atoms with Gasteiger partial charge in [-0.1, -0.05) is 6.92 Å². The van der Waals surface area contributed by atoms with Crippen molar-refractivity contribution in [3.63, 3.8) is 0 Å². The first-order valence-electron chi connectivity index (χ1n) is 7.96. The maximum absolute atomic E-state index is 12.4. The van der Waals surface area contributed by atoms with Gasteiger partial charge >= 0.3 is 5.97 Å². The normalized spacial score (nSPS) is 28.6. The Morgan fingerprint density at radius 3 is 2.52 bits per heavy atom. The van der Waals surface area contributed by atoms with E-state index in [0.717, 1.165) is 32.4 Å². The van der Waals surface area contributed by atoms with Crippen LogP contribution in [0, 0.1) is 5.41 Å². The van der Waals surface area contributed by atoms with Gasteiger partial charge in [0.25, 0.3) is 0 Å². The van der Waals surface area contributed by atoms with E-state index < -0.39 is 11.4 Å². The summed E-state index contributed by atoms with van der Waals surface area (Å²) in [5, 5.41) is 9.48. The molecule has 3 N–H and O–H groups in total. The molecule has 2 saturated heterocycles. The lowest BCUT2D eigenvalue weighted by molar-refractivity contribution is -0.155. The van der Waals surface area contributed by atoms with Crippen molar-refractivity contribution in [3.8, 4) is 0 Å². The van der Waals surface area contributed by atoms with Crippen LogP contribution in [0.3, 0.4) is 0 Å². The topological polar surface area (TPSA) is 86.9 Å². The van der Waals surface area contributed by atoms with E-state index in [0.29, 0.717) is 32.5 Å². The van der Waals surface area contributed by atoms with E-state index in [1.807, 2.05) is 6.92 Å². The number of piperidine rings is 2. The zero-order valence-electron chi connectivity index (χ0n) is 12.9. The Bertz CT molecular complexity index is 394. The van der Waals surface area contributed by atoms with Crippen molar-refractivity contribution in [2.45, 2.75) is 45.1 Å². The molecule has 120 valence electrons. The summed E-state index contributed by atoms with van der Waals surface area (Å²) < 4.78 is 0. The number of amides is 1. The lowest BCUT2D eigenvalue weighted by Gasteiger charge is -2.40. The highest BCUT2D eigenvalue weighted by atomic mass is 16.4. The number of hydrogen-bond donors (Lipinski definition) is 2. The quantitative estimate of drug-likeness (QED) is 0.789. The van der Waals surface area contributed by atoms with Gasteiger partial charge < -0.3 is 15.7 Å². The summed E-state index contributed by atoms with van der Waals surface area (Å²) >= 11 is 0. The Morgan fingerprint density at radius 1 is 1.29 bits per heavy atom. The van der Waals surface area contributed by atoms with Crippen molar-refractivity contribution >= 4 is 11.9 Å². The summed E-state index contributed by atoms with van der Waals surface area (Å²) in [6.07, 6.45) is 3.88. The second-order valence-electron chi connectivity index (χ2n) is 6.47. The number of nitrogens with zero attached hydrogens (tertiary/aromatic N) is 2. The second-order valence-corrected chi connectivity index (χ2v) is 6.47. The molecule has 2 aliphatic rings. The molecule has 0 saturated carbocycles. The van der Waals surface area contributed by atoms with Gasteiger partial charge in [0.1, 0.15) is 0 Å². The maximum atomic E-state index is 12.4. The third-order valence-corrected chi connectivity index (χ3v) is 5.05. The summed E-state index contributed by atoms with van der Waals surface area (Å²) in [7, 11) is 0. The molecule has 2 aliphatic heterocycles. The maximum Gasteiger partial charge on any atom is 0.311 e. The molecule has 0 aromatic carbocycles. The molecular weight excluding hydrogens is 270 g/mol. The lowest BCUT2D eigenvalue weighted by atomic mass is 9.77. The highest BCUT2D eigenvalue weighted by molar-refractivity contribution is 5.81. The lowest BCUT2D eigenvalue weighted by Crippen LogP contribution is -2.52. The number of carbonyl (C=O) groups excluding carboxylic acids is 1. The summed E-state index contributed by atoms with van der Waals surface area (Å²) in [6, 6.07) is 0.256. The van der Waals surface area contributed by atoms with Crippen LogP contribution in [-0.4, -0.2) is 65.5 Å². The molecule has 21 heavy (non-hydrogen) atoms. The molecule has 0 spiro atoms. The Kier molecular flexibility index (Phi) is 5.22. The second kappa shape index (κ2) is 6.75. The predicted octanol–water partition coefficient (Wildman–Crippen LogP) is 0.513. The molecule has 0 bridgehead atoms. The SMILES string of the molecule is CCC1(C(=O)O)CCCN(C(=O)CN2CCC(N)CC2)C1. The van der Waals surface area contributed by atoms with Gasteiger partial charge in [0.2, 0.25) is 5.91 Å². The molecule has 1 unspecified atom stereocenters. The molecular formula is C15H27N3O3. The Morgan fingerprint density at radius 2 is 1.95 bits per heavy atom. The van der Waals surface area contributed by atoms with Crippen molar-refractivity contribution < 1.29 is 14.7 Å². The number of nitrogens with two attached hydrogens (primary N) is 1. The van der Waals surface area contributed by atoms with Gasteiger partial charge in [-0.3, -0.25) is 14.5 Å². The monoisotopic (exact) mass is 297 g/mol. The Hall–Kier alpha value is -1.14. The first-order chi connectivity index (χ1) is 9.97. The zero-order valence-corrected chi connectivity index (χ0v) is 12.9. The number of aliphatic carboxylic acids is 1. The number of carboxylic acid groups (broad SMARTS) is 1. The van der Waals surface area contributed by atoms with Gasteiger partial charge in [0.15, 0.2) is 0 Å². The van der Waals surface area contributed by atoms with Crippen LogP contribution in [0.1, 0.15) is 39.0 Å². The fourth-order valence-electron chi connectivity index (χ4n) is 3.36. The van der Waals surface area contributed by atoms with Gasteiger partial charge in [-0.15, -0.1) is 0 Å². The van der Waals surface area contributed by atoms with Crippen LogP contribution in [0.4, 0.5) is 0 Å². The molecule has 0 aromatic rings. The predicted molar refractivity (Wildman–Crippen MR) is 79.8 cm³/mol. The first kappa shape index (κ1) is 16.2. The minimum Gasteiger partial charge on any atom is -0.481 e. The number of carbonyl (C=O) groups is 2. The molecule has 2 heterocycles. The summed E-state index contributed by atoms with van der Waals surface area (Å²) in [6.45, 7) is 5.05. The fraction of sp³-hybridized carbons (Fsp3) is 0.867. The van der Waals surface area contributed by atoms with E-state index in [2.05, 4.69) is 4.90 Å². The average molecular weight is 297 g/mol. The molecule has 0 aliphatic carbocycles. The molecule has 2 fully saturated rings. The molecule has 6 nitrogen and oxygen atoms in total. The van der Waals surface area contributed by atoms with Gasteiger partial charge in [-0.05, 0) is 32.1 Å². The van der Waals surface area contributed by atoms with Crippen LogP contribution in [-0.2, 0) is 9.59 Å². The number of likely N-dealkylation sites (tertiary alicyclic amines) is 2. The van der Waals surface area contributed by atoms with Crippen LogP contribution in [0.5, 0.6) is 0 Å². The molecule has 0 aromatic heterocycles. The Balaban J connectivity index is 1.91. The molecule has 0 radical (unpaired) electrons. The average Bonchev–Trinajstić information content (AvgIpc) is 2.49. The van der Waals surface area contributed by atoms with Crippen molar-refractivity contribution in [1.82, 2.24) is 9.80 Å². The van der Waals surface area contributed by atoms with Crippen LogP contribution in [0.25, 0.3) is 0 Å². The third-order valence-electron chi connectivity index (χ3n) is 5.05. The highest BCUT2D eigenvalue weighted by Gasteiger charge is 2.42. The molecule has 2 rings (SSSR count). The van der Waals surface area contributed by atoms with E-state index in [1.54, 1.807) is 4.90 Å². The third kappa shape index (κ3) is 3.74. The first-order valence-corrected chi connectivity index (χ1v) is 7.96. The fourth-order valence-corrected chi connectivity index (χ4v) is 3.36. The van der Waals surface area contributed by atoms with Crippen molar-refractivity contribution in [2.75, 3.05) is 32.7 Å². The number of rotatable bonds is 4. The van der Waals surface area contributed by atoms with Gasteiger partial charge in [0.05, 0.1) is 12.0 Å². The van der Waals surface area contributed by atoms with Crippen LogP contribution in [0.2, 0.25) is 0 Å². The standard InChI is InChI=1S/C15H27N3O3/c1-2-15(14(20)21)6-3-7-18(11-15)13(19)10-17-8-4-12(16)5-9-17/h12H,2-11,16H2,1H3,(H,20,21). The van der Waals surface area contributed by atoms with Crippen molar-refractivity contribution in [2.24, 2.45) is 11.1 Å². The van der Waals surface area contributed by atoms with E-state index in [9.17, 15) is 14.7 Å². The van der Waals surface area contributed by atoms with Crippen molar-refractivity contribution in [1.29, 1.82) is 0 Å². The van der Waals surface area contributed by atoms with Crippen LogP contribution in [0.15, 0.2) is 0 Å². The van der Waals surface area contributed by atoms with E-state index in [1.165, 1.54) is 0 Å². The largest absolute Gasteiger partial charge is 0.481 e. The van der Waals surface area contributed by atoms with Crippen LogP contribution < -0.4 is 5.73 Å². The highest BCUT2D eigenvalue weighted by Crippen LogP contribution is 2.33. The van der Waals surface area contributed by atoms with Crippen LogP contribution >= 0.6 is 0 Å². The number of carboxylic acids is 1.